The number of methoxy groups -OCH3 is 1. The number of aryl methyl sites for hydroxylation is 3. The molecule has 6 heteroatoms. The van der Waals surface area contributed by atoms with Crippen molar-refractivity contribution in [3.05, 3.63) is 99.3 Å². The molecule has 1 aliphatic rings. The summed E-state index contributed by atoms with van der Waals surface area (Å²) in [7, 11) is 1.33. The number of rotatable bonds is 5. The van der Waals surface area contributed by atoms with E-state index in [1.807, 2.05) is 32.1 Å². The van der Waals surface area contributed by atoms with Crippen LogP contribution in [-0.4, -0.2) is 33.4 Å². The predicted molar refractivity (Wildman–Crippen MR) is 132 cm³/mol. The number of carbonyl (C=O) groups is 2. The van der Waals surface area contributed by atoms with Crippen LogP contribution in [0.2, 0.25) is 0 Å². The van der Waals surface area contributed by atoms with Gasteiger partial charge in [0.15, 0.2) is 0 Å². The van der Waals surface area contributed by atoms with Crippen molar-refractivity contribution in [1.82, 2.24) is 14.5 Å². The molecule has 0 aliphatic carbocycles. The highest BCUT2D eigenvalue weighted by Crippen LogP contribution is 2.34. The van der Waals surface area contributed by atoms with Gasteiger partial charge in [0, 0.05) is 29.5 Å². The van der Waals surface area contributed by atoms with Gasteiger partial charge in [0.2, 0.25) is 0 Å². The zero-order valence-corrected chi connectivity index (χ0v) is 20.5. The lowest BCUT2D eigenvalue weighted by Crippen LogP contribution is -2.24. The second kappa shape index (κ2) is 9.14. The van der Waals surface area contributed by atoms with Crippen LogP contribution in [0.4, 0.5) is 0 Å². The van der Waals surface area contributed by atoms with E-state index in [9.17, 15) is 9.59 Å². The molecule has 0 saturated carbocycles. The molecule has 34 heavy (non-hydrogen) atoms. The maximum atomic E-state index is 13.5. The fraction of sp³-hybridized carbons (Fsp3) is 0.250. The van der Waals surface area contributed by atoms with E-state index >= 15 is 0 Å². The first kappa shape index (κ1) is 23.2. The highest BCUT2D eigenvalue weighted by molar-refractivity contribution is 6.16. The minimum atomic E-state index is -0.519. The molecular formula is C28H29N3O3. The molecule has 0 saturated heterocycles. The Kier molecular flexibility index (Phi) is 6.24. The minimum Gasteiger partial charge on any atom is -0.465 e. The Balaban J connectivity index is 1.82. The molecule has 0 fully saturated rings. The molecule has 0 N–H and O–H groups in total. The van der Waals surface area contributed by atoms with Crippen molar-refractivity contribution in [3.63, 3.8) is 0 Å². The van der Waals surface area contributed by atoms with Crippen molar-refractivity contribution in [2.75, 3.05) is 7.11 Å². The maximum Gasteiger partial charge on any atom is 0.340 e. The largest absolute Gasteiger partial charge is 0.465 e. The van der Waals surface area contributed by atoms with Crippen LogP contribution in [0.15, 0.2) is 65.6 Å². The van der Waals surface area contributed by atoms with Crippen LogP contribution < -0.4 is 0 Å². The Bertz CT molecular complexity index is 1330. The number of hydrogen-bond acceptors (Lipinski definition) is 4. The van der Waals surface area contributed by atoms with Crippen LogP contribution in [0.3, 0.4) is 0 Å². The standard InChI is InChI=1S/C28H29N3O3/c1-17-9-7-10-18(2)26(17)31-19(3)13-23(20(31)4)14-24-25(28(33)34-6)21(5)30(27(24)32)16-22-11-8-12-29-15-22/h7-15H,16H2,1-6H3/b24-14-. The van der Waals surface area contributed by atoms with Gasteiger partial charge in [-0.3, -0.25) is 9.78 Å². The molecule has 3 heterocycles. The van der Waals surface area contributed by atoms with Crippen molar-refractivity contribution < 1.29 is 14.3 Å². The zero-order valence-electron chi connectivity index (χ0n) is 20.5. The minimum absolute atomic E-state index is 0.223. The predicted octanol–water partition coefficient (Wildman–Crippen LogP) is 4.98. The number of ether oxygens (including phenoxy) is 1. The molecule has 4 rings (SSSR count). The van der Waals surface area contributed by atoms with Gasteiger partial charge in [0.25, 0.3) is 5.91 Å². The third kappa shape index (κ3) is 3.96. The lowest BCUT2D eigenvalue weighted by atomic mass is 10.0. The lowest BCUT2D eigenvalue weighted by molar-refractivity contribution is -0.136. The lowest BCUT2D eigenvalue weighted by Gasteiger charge is -2.17. The summed E-state index contributed by atoms with van der Waals surface area (Å²) in [4.78, 5) is 32.0. The third-order valence-electron chi connectivity index (χ3n) is 6.40. The summed E-state index contributed by atoms with van der Waals surface area (Å²) in [6, 6.07) is 12.0. The zero-order chi connectivity index (χ0) is 24.6. The van der Waals surface area contributed by atoms with Gasteiger partial charge in [-0.1, -0.05) is 24.3 Å². The Morgan fingerprint density at radius 1 is 1.06 bits per heavy atom. The second-order valence-corrected chi connectivity index (χ2v) is 8.66. The molecular weight excluding hydrogens is 426 g/mol. The van der Waals surface area contributed by atoms with E-state index in [-0.39, 0.29) is 5.91 Å². The summed E-state index contributed by atoms with van der Waals surface area (Å²) in [6.45, 7) is 10.4. The monoisotopic (exact) mass is 455 g/mol. The van der Waals surface area contributed by atoms with Crippen LogP contribution in [0.1, 0.15) is 40.6 Å². The van der Waals surface area contributed by atoms with E-state index in [4.69, 9.17) is 4.74 Å². The number of esters is 1. The average molecular weight is 456 g/mol. The van der Waals surface area contributed by atoms with Crippen LogP contribution >= 0.6 is 0 Å². The van der Waals surface area contributed by atoms with Crippen molar-refractivity contribution in [2.45, 2.75) is 41.2 Å². The molecule has 6 nitrogen and oxygen atoms in total. The van der Waals surface area contributed by atoms with Gasteiger partial charge in [0.1, 0.15) is 0 Å². The number of benzene rings is 1. The van der Waals surface area contributed by atoms with Crippen LogP contribution in [0.25, 0.3) is 11.8 Å². The van der Waals surface area contributed by atoms with Crippen LogP contribution in [0, 0.1) is 27.7 Å². The maximum absolute atomic E-state index is 13.5. The van der Waals surface area contributed by atoms with E-state index in [2.05, 4.69) is 47.7 Å². The fourth-order valence-corrected chi connectivity index (χ4v) is 4.68. The molecule has 0 spiro atoms. The summed E-state index contributed by atoms with van der Waals surface area (Å²) in [6.07, 6.45) is 5.22. The molecule has 0 atom stereocenters. The second-order valence-electron chi connectivity index (χ2n) is 8.66. The molecule has 1 aliphatic heterocycles. The summed E-state index contributed by atoms with van der Waals surface area (Å²) in [5.74, 6) is -0.743. The SMILES string of the molecule is COC(=O)C1=C(C)N(Cc2cccnc2)C(=O)/C1=C\c1cc(C)n(-c2c(C)cccc2C)c1C. The summed E-state index contributed by atoms with van der Waals surface area (Å²) < 4.78 is 7.25. The van der Waals surface area contributed by atoms with E-state index in [1.54, 1.807) is 24.2 Å². The first-order chi connectivity index (χ1) is 16.2. The Hall–Kier alpha value is -3.93. The van der Waals surface area contributed by atoms with Gasteiger partial charge in [-0.05, 0) is 75.1 Å². The van der Waals surface area contributed by atoms with E-state index in [0.717, 1.165) is 28.2 Å². The molecule has 0 unspecified atom stereocenters. The first-order valence-corrected chi connectivity index (χ1v) is 11.2. The molecule has 174 valence electrons. The number of pyridine rings is 1. The van der Waals surface area contributed by atoms with Crippen LogP contribution in [0.5, 0.6) is 0 Å². The summed E-state index contributed by atoms with van der Waals surface area (Å²) >= 11 is 0. The Morgan fingerprint density at radius 2 is 1.76 bits per heavy atom. The Morgan fingerprint density at radius 3 is 2.38 bits per heavy atom. The highest BCUT2D eigenvalue weighted by Gasteiger charge is 2.37. The summed E-state index contributed by atoms with van der Waals surface area (Å²) in [5, 5.41) is 0. The third-order valence-corrected chi connectivity index (χ3v) is 6.40. The molecule has 2 aromatic heterocycles. The number of nitrogens with zero attached hydrogens (tertiary/aromatic N) is 3. The molecule has 3 aromatic rings. The topological polar surface area (TPSA) is 64.4 Å². The van der Waals surface area contributed by atoms with Crippen molar-refractivity contribution in [3.8, 4) is 5.69 Å². The highest BCUT2D eigenvalue weighted by atomic mass is 16.5. The van der Waals surface area contributed by atoms with Crippen molar-refractivity contribution >= 4 is 18.0 Å². The van der Waals surface area contributed by atoms with Crippen molar-refractivity contribution in [1.29, 1.82) is 0 Å². The molecule has 1 aromatic carbocycles. The number of aromatic nitrogens is 2. The van der Waals surface area contributed by atoms with Crippen molar-refractivity contribution in [2.24, 2.45) is 0 Å². The first-order valence-electron chi connectivity index (χ1n) is 11.2. The van der Waals surface area contributed by atoms with E-state index in [0.29, 0.717) is 23.4 Å². The number of amides is 1. The number of para-hydroxylation sites is 1. The quantitative estimate of drug-likeness (QED) is 0.402. The molecule has 0 radical (unpaired) electrons. The van der Waals surface area contributed by atoms with Gasteiger partial charge in [-0.25, -0.2) is 4.79 Å². The fourth-order valence-electron chi connectivity index (χ4n) is 4.68. The Labute approximate surface area is 200 Å². The van der Waals surface area contributed by atoms with Crippen LogP contribution in [-0.2, 0) is 20.9 Å². The smallest absolute Gasteiger partial charge is 0.340 e. The van der Waals surface area contributed by atoms with Gasteiger partial charge >= 0.3 is 5.97 Å². The summed E-state index contributed by atoms with van der Waals surface area (Å²) in [5.41, 5.74) is 8.53. The molecule has 1 amide bonds. The average Bonchev–Trinajstić information content (AvgIpc) is 3.21. The number of hydrogen-bond donors (Lipinski definition) is 0. The van der Waals surface area contributed by atoms with Gasteiger partial charge in [-0.2, -0.15) is 0 Å². The molecule has 0 bridgehead atoms. The number of carbonyl (C=O) groups excluding carboxylic acids is 2. The normalized spacial score (nSPS) is 14.9. The number of allylic oxidation sites excluding steroid dienone is 1. The van der Waals surface area contributed by atoms with E-state index < -0.39 is 5.97 Å². The van der Waals surface area contributed by atoms with Gasteiger partial charge in [-0.15, -0.1) is 0 Å². The van der Waals surface area contributed by atoms with Gasteiger partial charge in [0.05, 0.1) is 30.5 Å². The van der Waals surface area contributed by atoms with E-state index in [1.165, 1.54) is 18.2 Å². The van der Waals surface area contributed by atoms with Gasteiger partial charge < -0.3 is 14.2 Å².